The zero-order chi connectivity index (χ0) is 19.1. The van der Waals surface area contributed by atoms with Gasteiger partial charge in [-0.1, -0.05) is 36.4 Å². The Morgan fingerprint density at radius 2 is 2.00 bits per heavy atom. The monoisotopic (exact) mass is 376 g/mol. The van der Waals surface area contributed by atoms with Gasteiger partial charge in [-0.05, 0) is 56.2 Å². The van der Waals surface area contributed by atoms with Crippen LogP contribution in [0.4, 0.5) is 8.78 Å². The van der Waals surface area contributed by atoms with Crippen molar-refractivity contribution in [3.63, 3.8) is 0 Å². The summed E-state index contributed by atoms with van der Waals surface area (Å²) in [6.07, 6.45) is 10.8. The molecule has 0 unspecified atom stereocenters. The van der Waals surface area contributed by atoms with Crippen LogP contribution in [0.3, 0.4) is 0 Å². The highest BCUT2D eigenvalue weighted by molar-refractivity contribution is 5.69. The zero-order valence-electron chi connectivity index (χ0n) is 15.4. The molecule has 0 amide bonds. The summed E-state index contributed by atoms with van der Waals surface area (Å²) < 4.78 is 39.2. The van der Waals surface area contributed by atoms with E-state index in [1.165, 1.54) is 0 Å². The Labute approximate surface area is 159 Å². The summed E-state index contributed by atoms with van der Waals surface area (Å²) in [5.74, 6) is -2.75. The number of rotatable bonds is 5. The fourth-order valence-corrected chi connectivity index (χ4v) is 3.74. The van der Waals surface area contributed by atoms with Crippen LogP contribution in [0.25, 0.3) is 0 Å². The number of ether oxygens (including phenoxy) is 2. The van der Waals surface area contributed by atoms with Gasteiger partial charge < -0.3 is 9.47 Å². The van der Waals surface area contributed by atoms with E-state index in [9.17, 15) is 13.6 Å². The second-order valence-electron chi connectivity index (χ2n) is 7.25. The molecule has 3 nitrogen and oxygen atoms in total. The van der Waals surface area contributed by atoms with Crippen molar-refractivity contribution >= 4 is 5.97 Å². The predicted molar refractivity (Wildman–Crippen MR) is 99.7 cm³/mol. The van der Waals surface area contributed by atoms with E-state index in [0.717, 1.165) is 38.2 Å². The lowest BCUT2D eigenvalue weighted by atomic mass is 9.90. The van der Waals surface area contributed by atoms with Gasteiger partial charge in [-0.15, -0.1) is 0 Å². The molecule has 1 heterocycles. The molecule has 146 valence electrons. The minimum Gasteiger partial charge on any atom is -0.487 e. The van der Waals surface area contributed by atoms with E-state index >= 15 is 0 Å². The number of esters is 1. The van der Waals surface area contributed by atoms with Crippen LogP contribution in [0.5, 0.6) is 5.75 Å². The van der Waals surface area contributed by atoms with E-state index in [4.69, 9.17) is 9.47 Å². The molecule has 0 aromatic heterocycles. The van der Waals surface area contributed by atoms with Crippen LogP contribution in [0, 0.1) is 11.8 Å². The number of benzene rings is 1. The molecular formula is C22H26F2O3. The van der Waals surface area contributed by atoms with Gasteiger partial charge >= 0.3 is 5.97 Å². The summed E-state index contributed by atoms with van der Waals surface area (Å²) in [5.41, 5.74) is 0. The van der Waals surface area contributed by atoms with E-state index < -0.39 is 12.5 Å². The van der Waals surface area contributed by atoms with Crippen molar-refractivity contribution in [3.05, 3.63) is 54.6 Å². The third kappa shape index (κ3) is 5.91. The smallest absolute Gasteiger partial charge is 0.306 e. The van der Waals surface area contributed by atoms with Gasteiger partial charge in [-0.3, -0.25) is 4.79 Å². The lowest BCUT2D eigenvalue weighted by Gasteiger charge is -2.23. The zero-order valence-corrected chi connectivity index (χ0v) is 15.4. The number of para-hydroxylation sites is 1. The Morgan fingerprint density at radius 1 is 1.19 bits per heavy atom. The number of hydrogen-bond donors (Lipinski definition) is 0. The van der Waals surface area contributed by atoms with Gasteiger partial charge in [-0.2, -0.15) is 8.78 Å². The molecule has 0 N–H and O–H groups in total. The number of hydrogen-bond acceptors (Lipinski definition) is 3. The van der Waals surface area contributed by atoms with Crippen LogP contribution in [0.2, 0.25) is 0 Å². The number of alkyl halides is 2. The van der Waals surface area contributed by atoms with Gasteiger partial charge in [0, 0.05) is 12.3 Å². The Kier molecular flexibility index (Phi) is 6.64. The minimum absolute atomic E-state index is 0.0190. The van der Waals surface area contributed by atoms with Crippen LogP contribution in [0.15, 0.2) is 54.6 Å². The largest absolute Gasteiger partial charge is 0.487 e. The Morgan fingerprint density at radius 3 is 2.81 bits per heavy atom. The summed E-state index contributed by atoms with van der Waals surface area (Å²) in [7, 11) is 0. The predicted octanol–water partition coefficient (Wildman–Crippen LogP) is 5.33. The van der Waals surface area contributed by atoms with Gasteiger partial charge in [0.15, 0.2) is 6.61 Å². The second kappa shape index (κ2) is 9.16. The fraction of sp³-hybridized carbons (Fsp3) is 0.500. The van der Waals surface area contributed by atoms with Gasteiger partial charge in [-0.25, -0.2) is 0 Å². The molecule has 1 aliphatic heterocycles. The number of fused-ring (bicyclic) bond motifs is 1. The minimum atomic E-state index is -3.05. The van der Waals surface area contributed by atoms with Crippen LogP contribution in [0.1, 0.15) is 38.5 Å². The molecule has 1 aromatic rings. The first kappa shape index (κ1) is 19.6. The van der Waals surface area contributed by atoms with Crippen molar-refractivity contribution < 1.29 is 23.0 Å². The first-order valence-corrected chi connectivity index (χ1v) is 9.63. The fourth-order valence-electron chi connectivity index (χ4n) is 3.74. The third-order valence-electron chi connectivity index (χ3n) is 5.18. The first-order chi connectivity index (χ1) is 13.0. The number of carbonyl (C=O) groups excluding carboxylic acids is 1. The SMILES string of the molecule is O=C1CCC/C=C\C[C@H]2[C@H](CC[C@@H]2/C=C/C(F)(F)COc2ccccc2)O1. The molecule has 1 saturated carbocycles. The average Bonchev–Trinajstić information content (AvgIpc) is 3.04. The topological polar surface area (TPSA) is 35.5 Å². The van der Waals surface area contributed by atoms with Gasteiger partial charge in [0.1, 0.15) is 11.9 Å². The molecule has 27 heavy (non-hydrogen) atoms. The molecule has 2 aliphatic rings. The highest BCUT2D eigenvalue weighted by Gasteiger charge is 2.37. The summed E-state index contributed by atoms with van der Waals surface area (Å²) in [6, 6.07) is 8.61. The number of halogens is 2. The van der Waals surface area contributed by atoms with Crippen molar-refractivity contribution in [1.82, 2.24) is 0 Å². The van der Waals surface area contributed by atoms with E-state index in [1.807, 2.05) is 6.07 Å². The molecule has 3 rings (SSSR count). The quantitative estimate of drug-likeness (QED) is 0.515. The Hall–Kier alpha value is -2.17. The number of carbonyl (C=O) groups is 1. The molecule has 5 heteroatoms. The Bertz CT molecular complexity index is 669. The van der Waals surface area contributed by atoms with E-state index in [1.54, 1.807) is 30.3 Å². The maximum atomic E-state index is 14.2. The molecule has 3 atom stereocenters. The first-order valence-electron chi connectivity index (χ1n) is 9.63. The van der Waals surface area contributed by atoms with Crippen LogP contribution in [-0.4, -0.2) is 24.6 Å². The van der Waals surface area contributed by atoms with Crippen LogP contribution in [-0.2, 0) is 9.53 Å². The highest BCUT2D eigenvalue weighted by Crippen LogP contribution is 2.39. The molecule has 1 aliphatic carbocycles. The third-order valence-corrected chi connectivity index (χ3v) is 5.18. The van der Waals surface area contributed by atoms with E-state index in [-0.39, 0.29) is 23.9 Å². The molecule has 0 bridgehead atoms. The van der Waals surface area contributed by atoms with Crippen LogP contribution < -0.4 is 4.74 Å². The van der Waals surface area contributed by atoms with Gasteiger partial charge in [0.05, 0.1) is 0 Å². The van der Waals surface area contributed by atoms with Crippen molar-refractivity contribution in [3.8, 4) is 5.75 Å². The van der Waals surface area contributed by atoms with Gasteiger partial charge in [0.25, 0.3) is 5.92 Å². The van der Waals surface area contributed by atoms with E-state index in [2.05, 4.69) is 12.2 Å². The van der Waals surface area contributed by atoms with Crippen molar-refractivity contribution in [2.45, 2.75) is 50.6 Å². The summed E-state index contributed by atoms with van der Waals surface area (Å²) in [5, 5.41) is 0. The summed E-state index contributed by atoms with van der Waals surface area (Å²) in [4.78, 5) is 11.9. The van der Waals surface area contributed by atoms with Crippen molar-refractivity contribution in [1.29, 1.82) is 0 Å². The molecular weight excluding hydrogens is 350 g/mol. The van der Waals surface area contributed by atoms with Crippen molar-refractivity contribution in [2.75, 3.05) is 6.61 Å². The second-order valence-corrected chi connectivity index (χ2v) is 7.25. The standard InChI is InChI=1S/C22H26F2O3/c23-22(24,16-26-18-8-4-3-5-9-18)15-14-17-12-13-20-19(17)10-6-1-2-7-11-21(25)27-20/h1,3-6,8-9,14-15,17,19-20H,2,7,10-13,16H2/b6-1-,15-14+/t17-,19-,20+/m1/s1. The molecule has 1 fully saturated rings. The molecule has 0 spiro atoms. The highest BCUT2D eigenvalue weighted by atomic mass is 19.3. The van der Waals surface area contributed by atoms with Crippen molar-refractivity contribution in [2.24, 2.45) is 11.8 Å². The molecule has 0 saturated heterocycles. The normalized spacial score (nSPS) is 27.8. The average molecular weight is 376 g/mol. The maximum Gasteiger partial charge on any atom is 0.306 e. The summed E-state index contributed by atoms with van der Waals surface area (Å²) in [6.45, 7) is -0.691. The van der Waals surface area contributed by atoms with Gasteiger partial charge in [0.2, 0.25) is 0 Å². The lowest BCUT2D eigenvalue weighted by Crippen LogP contribution is -2.26. The van der Waals surface area contributed by atoms with E-state index in [0.29, 0.717) is 12.2 Å². The summed E-state index contributed by atoms with van der Waals surface area (Å²) >= 11 is 0. The molecule has 0 radical (unpaired) electrons. The molecule has 1 aromatic carbocycles. The maximum absolute atomic E-state index is 14.2. The number of allylic oxidation sites excluding steroid dienone is 3. The van der Waals surface area contributed by atoms with Crippen LogP contribution >= 0.6 is 0 Å². The lowest BCUT2D eigenvalue weighted by molar-refractivity contribution is -0.151. The Balaban J connectivity index is 1.61.